The molecule has 0 radical (unpaired) electrons. The van der Waals surface area contributed by atoms with Crippen molar-refractivity contribution in [2.45, 2.75) is 88.9 Å². The van der Waals surface area contributed by atoms with Gasteiger partial charge in [-0.2, -0.15) is 0 Å². The molecule has 53 heavy (non-hydrogen) atoms. The zero-order chi connectivity index (χ0) is 35.5. The van der Waals surface area contributed by atoms with Crippen molar-refractivity contribution in [1.29, 1.82) is 0 Å². The van der Waals surface area contributed by atoms with Crippen LogP contribution in [0.5, 0.6) is 0 Å². The van der Waals surface area contributed by atoms with E-state index in [0.717, 1.165) is 17.8 Å². The first-order valence-electron chi connectivity index (χ1n) is 20.5. The Hall–Kier alpha value is -4.88. The molecule has 3 atom stereocenters. The lowest BCUT2D eigenvalue weighted by Crippen LogP contribution is -2.17. The Morgan fingerprint density at radius 2 is 1.13 bits per heavy atom. The lowest BCUT2D eigenvalue weighted by molar-refractivity contribution is 0.420. The summed E-state index contributed by atoms with van der Waals surface area (Å²) in [5, 5.41) is 0. The summed E-state index contributed by atoms with van der Waals surface area (Å²) in [5.74, 6) is 3.33. The molecule has 0 aliphatic heterocycles. The molecule has 0 N–H and O–H groups in total. The van der Waals surface area contributed by atoms with Crippen molar-refractivity contribution in [3.63, 3.8) is 0 Å². The number of anilines is 3. The highest BCUT2D eigenvalue weighted by atomic mass is 15.1. The van der Waals surface area contributed by atoms with E-state index in [4.69, 9.17) is 0 Å². The van der Waals surface area contributed by atoms with Crippen LogP contribution < -0.4 is 4.90 Å². The van der Waals surface area contributed by atoms with Crippen molar-refractivity contribution in [2.24, 2.45) is 11.8 Å². The average Bonchev–Trinajstić information content (AvgIpc) is 3.92. The minimum absolute atomic E-state index is 0.0968. The number of hydrogen-bond acceptors (Lipinski definition) is 1. The van der Waals surface area contributed by atoms with Gasteiger partial charge in [-0.15, -0.1) is 0 Å². The van der Waals surface area contributed by atoms with Crippen LogP contribution in [0.25, 0.3) is 33.4 Å². The highest BCUT2D eigenvalue weighted by molar-refractivity contribution is 5.94. The minimum Gasteiger partial charge on any atom is -0.310 e. The molecular formula is C52H51N. The summed E-state index contributed by atoms with van der Waals surface area (Å²) in [5.41, 5.74) is 17.1. The second kappa shape index (κ2) is 13.2. The molecule has 1 nitrogen and oxygen atoms in total. The van der Waals surface area contributed by atoms with Crippen molar-refractivity contribution in [2.75, 3.05) is 4.90 Å². The summed E-state index contributed by atoms with van der Waals surface area (Å²) >= 11 is 0. The average molecular weight is 690 g/mol. The van der Waals surface area contributed by atoms with Crippen LogP contribution in [0.3, 0.4) is 0 Å². The predicted molar refractivity (Wildman–Crippen MR) is 224 cm³/mol. The Labute approximate surface area is 316 Å². The van der Waals surface area contributed by atoms with Crippen LogP contribution in [-0.4, -0.2) is 0 Å². The molecule has 0 saturated heterocycles. The van der Waals surface area contributed by atoms with Gasteiger partial charge in [0.15, 0.2) is 0 Å². The lowest BCUT2D eigenvalue weighted by atomic mass is 9.81. The maximum Gasteiger partial charge on any atom is 0.0543 e. The SMILES string of the molecule is CC1(C)c2ccccc2-c2cc(-c3ccccc3)c(N(c3ccc(-c4ccc(C5CC6CCC5C6)cc4)cc3)c3ccc(C4CCCCC4)cc3)cc21. The minimum atomic E-state index is -0.0968. The molecule has 3 unspecified atom stereocenters. The van der Waals surface area contributed by atoms with Crippen LogP contribution in [-0.2, 0) is 5.41 Å². The maximum absolute atomic E-state index is 2.52. The van der Waals surface area contributed by atoms with Crippen LogP contribution in [0.15, 0.2) is 140 Å². The molecule has 6 aromatic carbocycles. The fourth-order valence-corrected chi connectivity index (χ4v) is 10.9. The van der Waals surface area contributed by atoms with Gasteiger partial charge in [0.05, 0.1) is 5.69 Å². The smallest absolute Gasteiger partial charge is 0.0543 e. The van der Waals surface area contributed by atoms with E-state index < -0.39 is 0 Å². The molecule has 4 aliphatic carbocycles. The number of nitrogens with zero attached hydrogens (tertiary/aromatic N) is 1. The van der Waals surface area contributed by atoms with E-state index in [1.54, 1.807) is 5.56 Å². The molecule has 10 rings (SSSR count). The van der Waals surface area contributed by atoms with Crippen molar-refractivity contribution in [3.05, 3.63) is 162 Å². The second-order valence-electron chi connectivity index (χ2n) is 17.2. The highest BCUT2D eigenvalue weighted by Gasteiger charge is 2.40. The van der Waals surface area contributed by atoms with Gasteiger partial charge in [0, 0.05) is 22.4 Å². The van der Waals surface area contributed by atoms with E-state index in [9.17, 15) is 0 Å². The zero-order valence-electron chi connectivity index (χ0n) is 31.4. The van der Waals surface area contributed by atoms with Crippen molar-refractivity contribution in [1.82, 2.24) is 0 Å². The Morgan fingerprint density at radius 1 is 0.491 bits per heavy atom. The molecule has 264 valence electrons. The lowest BCUT2D eigenvalue weighted by Gasteiger charge is -2.31. The van der Waals surface area contributed by atoms with E-state index in [-0.39, 0.29) is 5.41 Å². The van der Waals surface area contributed by atoms with Gasteiger partial charge in [-0.25, -0.2) is 0 Å². The molecule has 2 bridgehead atoms. The van der Waals surface area contributed by atoms with Crippen LogP contribution in [0.4, 0.5) is 17.1 Å². The van der Waals surface area contributed by atoms with E-state index in [2.05, 4.69) is 158 Å². The van der Waals surface area contributed by atoms with Gasteiger partial charge in [-0.1, -0.05) is 143 Å². The molecule has 3 fully saturated rings. The third-order valence-electron chi connectivity index (χ3n) is 13.8. The van der Waals surface area contributed by atoms with Gasteiger partial charge in [-0.3, -0.25) is 0 Å². The Morgan fingerprint density at radius 3 is 1.81 bits per heavy atom. The summed E-state index contributed by atoms with van der Waals surface area (Å²) in [6.45, 7) is 4.79. The fraction of sp³-hybridized carbons (Fsp3) is 0.308. The molecule has 3 saturated carbocycles. The predicted octanol–water partition coefficient (Wildman–Crippen LogP) is 14.7. The Bertz CT molecular complexity index is 2240. The largest absolute Gasteiger partial charge is 0.310 e. The van der Waals surface area contributed by atoms with Gasteiger partial charge >= 0.3 is 0 Å². The quantitative estimate of drug-likeness (QED) is 0.161. The van der Waals surface area contributed by atoms with Gasteiger partial charge in [0.2, 0.25) is 0 Å². The normalized spacial score (nSPS) is 21.4. The highest BCUT2D eigenvalue weighted by Crippen LogP contribution is 2.55. The van der Waals surface area contributed by atoms with Crippen LogP contribution >= 0.6 is 0 Å². The summed E-state index contributed by atoms with van der Waals surface area (Å²) in [4.78, 5) is 2.52. The topological polar surface area (TPSA) is 3.24 Å². The Kier molecular flexibility index (Phi) is 8.16. The monoisotopic (exact) mass is 689 g/mol. The summed E-state index contributed by atoms with van der Waals surface area (Å²) in [7, 11) is 0. The first kappa shape index (κ1) is 32.7. The summed E-state index contributed by atoms with van der Waals surface area (Å²) in [6.07, 6.45) is 12.4. The number of rotatable bonds is 7. The van der Waals surface area contributed by atoms with Gasteiger partial charge in [0.25, 0.3) is 0 Å². The summed E-state index contributed by atoms with van der Waals surface area (Å²) in [6, 6.07) is 53.5. The van der Waals surface area contributed by atoms with Gasteiger partial charge < -0.3 is 4.90 Å². The third kappa shape index (κ3) is 5.75. The van der Waals surface area contributed by atoms with Gasteiger partial charge in [0.1, 0.15) is 0 Å². The number of hydrogen-bond donors (Lipinski definition) is 0. The van der Waals surface area contributed by atoms with Gasteiger partial charge in [-0.05, 0) is 142 Å². The van der Waals surface area contributed by atoms with E-state index in [0.29, 0.717) is 5.92 Å². The van der Waals surface area contributed by atoms with E-state index in [1.165, 1.54) is 125 Å². The van der Waals surface area contributed by atoms with Crippen LogP contribution in [0.1, 0.15) is 106 Å². The fourth-order valence-electron chi connectivity index (χ4n) is 10.9. The van der Waals surface area contributed by atoms with E-state index in [1.807, 2.05) is 0 Å². The zero-order valence-corrected chi connectivity index (χ0v) is 31.4. The van der Waals surface area contributed by atoms with Crippen molar-refractivity contribution < 1.29 is 0 Å². The number of fused-ring (bicyclic) bond motifs is 5. The Balaban J connectivity index is 1.08. The molecule has 0 spiro atoms. The first-order chi connectivity index (χ1) is 26.0. The molecule has 1 heteroatoms. The number of benzene rings is 6. The van der Waals surface area contributed by atoms with Crippen LogP contribution in [0.2, 0.25) is 0 Å². The van der Waals surface area contributed by atoms with Crippen LogP contribution in [0, 0.1) is 11.8 Å². The van der Waals surface area contributed by atoms with Crippen molar-refractivity contribution in [3.8, 4) is 33.4 Å². The molecule has 6 aromatic rings. The molecule has 0 heterocycles. The standard InChI is InChI=1S/C52H51N/c1-52(2)49-16-10-9-15-45(49)48-33-47(40-13-7-4-8-14-40)51(34-50(48)52)53(43-27-23-38(24-28-43)36-11-5-3-6-12-36)44-29-25-39(26-30-44)37-19-21-41(22-20-37)46-32-35-17-18-42(46)31-35/h4,7-10,13-16,19-30,33-36,42,46H,3,5-6,11-12,17-18,31-32H2,1-2H3. The summed E-state index contributed by atoms with van der Waals surface area (Å²) < 4.78 is 0. The van der Waals surface area contributed by atoms with Crippen molar-refractivity contribution >= 4 is 17.1 Å². The molecular weight excluding hydrogens is 639 g/mol. The molecule has 4 aliphatic rings. The molecule has 0 aromatic heterocycles. The maximum atomic E-state index is 2.52. The second-order valence-corrected chi connectivity index (χ2v) is 17.2. The third-order valence-corrected chi connectivity index (χ3v) is 13.8. The first-order valence-corrected chi connectivity index (χ1v) is 20.5. The molecule has 0 amide bonds. The van der Waals surface area contributed by atoms with E-state index >= 15 is 0 Å².